The van der Waals surface area contributed by atoms with Crippen molar-refractivity contribution in [1.82, 2.24) is 9.55 Å². The molecule has 1 aromatic rings. The predicted molar refractivity (Wildman–Crippen MR) is 66.3 cm³/mol. The van der Waals surface area contributed by atoms with Gasteiger partial charge in [0.15, 0.2) is 0 Å². The number of aryl methyl sites for hydroxylation is 1. The van der Waals surface area contributed by atoms with Crippen molar-refractivity contribution in [1.29, 1.82) is 0 Å². The number of nitrogens with zero attached hydrogens (tertiary/aromatic N) is 2. The van der Waals surface area contributed by atoms with Crippen LogP contribution in [0.2, 0.25) is 0 Å². The maximum atomic E-state index is 10.6. The highest BCUT2D eigenvalue weighted by Crippen LogP contribution is 2.49. The van der Waals surface area contributed by atoms with Crippen molar-refractivity contribution in [3.8, 4) is 0 Å². The van der Waals surface area contributed by atoms with Crippen LogP contribution in [-0.2, 0) is 7.05 Å². The van der Waals surface area contributed by atoms with Crippen molar-refractivity contribution in [2.24, 2.45) is 24.8 Å². The van der Waals surface area contributed by atoms with Crippen LogP contribution in [0.4, 0.5) is 0 Å². The van der Waals surface area contributed by atoms with E-state index >= 15 is 0 Å². The molecule has 1 unspecified atom stereocenters. The number of hydrogen-bond donors (Lipinski definition) is 1. The van der Waals surface area contributed by atoms with E-state index < -0.39 is 0 Å². The molecule has 3 rings (SSSR count). The van der Waals surface area contributed by atoms with Crippen LogP contribution in [0.3, 0.4) is 0 Å². The Labute approximate surface area is 103 Å². The summed E-state index contributed by atoms with van der Waals surface area (Å²) in [5.41, 5.74) is 0.872. The number of aliphatic hydroxyl groups is 1. The summed E-state index contributed by atoms with van der Waals surface area (Å²) in [6.07, 6.45) is 11.4. The van der Waals surface area contributed by atoms with Crippen LogP contribution >= 0.6 is 0 Å². The first-order valence-corrected chi connectivity index (χ1v) is 6.91. The fraction of sp³-hybridized carbons (Fsp3) is 0.786. The minimum atomic E-state index is -0.341. The van der Waals surface area contributed by atoms with E-state index in [4.69, 9.17) is 0 Å². The summed E-state index contributed by atoms with van der Waals surface area (Å²) < 4.78 is 1.93. The molecule has 2 aliphatic carbocycles. The third-order valence-corrected chi connectivity index (χ3v) is 4.78. The molecule has 0 saturated heterocycles. The quantitative estimate of drug-likeness (QED) is 0.869. The van der Waals surface area contributed by atoms with Gasteiger partial charge in [-0.05, 0) is 17.8 Å². The topological polar surface area (TPSA) is 38.0 Å². The van der Waals surface area contributed by atoms with Crippen LogP contribution in [0.15, 0.2) is 12.5 Å². The maximum absolute atomic E-state index is 10.6. The lowest BCUT2D eigenvalue weighted by atomic mass is 9.62. The Morgan fingerprint density at radius 1 is 1.24 bits per heavy atom. The van der Waals surface area contributed by atoms with E-state index in [1.165, 1.54) is 38.5 Å². The fourth-order valence-electron chi connectivity index (χ4n) is 3.33. The molecule has 3 heteroatoms. The van der Waals surface area contributed by atoms with Crippen molar-refractivity contribution in [2.75, 3.05) is 0 Å². The van der Waals surface area contributed by atoms with Gasteiger partial charge in [0.1, 0.15) is 6.10 Å². The summed E-state index contributed by atoms with van der Waals surface area (Å²) in [5, 5.41) is 10.6. The molecule has 0 bridgehead atoms. The van der Waals surface area contributed by atoms with Crippen molar-refractivity contribution in [3.63, 3.8) is 0 Å². The summed E-state index contributed by atoms with van der Waals surface area (Å²) >= 11 is 0. The van der Waals surface area contributed by atoms with E-state index in [9.17, 15) is 5.11 Å². The summed E-state index contributed by atoms with van der Waals surface area (Å²) in [5.74, 6) is 1.96. The van der Waals surface area contributed by atoms with Crippen LogP contribution in [0.25, 0.3) is 0 Å². The summed E-state index contributed by atoms with van der Waals surface area (Å²) in [6, 6.07) is 0. The first-order chi connectivity index (χ1) is 8.25. The molecule has 0 amide bonds. The number of imidazole rings is 1. The second-order valence-electron chi connectivity index (χ2n) is 5.87. The molecule has 17 heavy (non-hydrogen) atoms. The minimum absolute atomic E-state index is 0.341. The second-order valence-corrected chi connectivity index (χ2v) is 5.87. The van der Waals surface area contributed by atoms with Gasteiger partial charge in [-0.3, -0.25) is 0 Å². The van der Waals surface area contributed by atoms with Gasteiger partial charge in [0.25, 0.3) is 0 Å². The van der Waals surface area contributed by atoms with E-state index in [1.807, 2.05) is 17.8 Å². The lowest BCUT2D eigenvalue weighted by Gasteiger charge is -2.44. The summed E-state index contributed by atoms with van der Waals surface area (Å²) in [6.45, 7) is 0. The molecule has 94 valence electrons. The van der Waals surface area contributed by atoms with Gasteiger partial charge in [0, 0.05) is 13.2 Å². The average Bonchev–Trinajstić information content (AvgIpc) is 2.57. The molecule has 1 heterocycles. The minimum Gasteiger partial charge on any atom is -0.386 e. The molecular formula is C14H22N2O. The smallest absolute Gasteiger partial charge is 0.101 e. The number of aromatic nitrogens is 2. The van der Waals surface area contributed by atoms with Gasteiger partial charge >= 0.3 is 0 Å². The molecule has 3 nitrogen and oxygen atoms in total. The van der Waals surface area contributed by atoms with Gasteiger partial charge < -0.3 is 9.67 Å². The molecule has 2 saturated carbocycles. The van der Waals surface area contributed by atoms with Crippen LogP contribution in [0.5, 0.6) is 0 Å². The van der Waals surface area contributed by atoms with E-state index in [0.717, 1.165) is 17.5 Å². The average molecular weight is 234 g/mol. The Kier molecular flexibility index (Phi) is 2.95. The van der Waals surface area contributed by atoms with Crippen LogP contribution < -0.4 is 0 Å². The number of aliphatic hydroxyl groups excluding tert-OH is 1. The summed E-state index contributed by atoms with van der Waals surface area (Å²) in [4.78, 5) is 4.33. The zero-order valence-corrected chi connectivity index (χ0v) is 10.5. The third kappa shape index (κ3) is 2.01. The van der Waals surface area contributed by atoms with Gasteiger partial charge in [0.2, 0.25) is 0 Å². The van der Waals surface area contributed by atoms with E-state index in [-0.39, 0.29) is 6.10 Å². The maximum Gasteiger partial charge on any atom is 0.101 e. The molecular weight excluding hydrogens is 212 g/mol. The molecule has 1 atom stereocenters. The van der Waals surface area contributed by atoms with Crippen LogP contribution in [0, 0.1) is 17.8 Å². The standard InChI is InChI=1S/C14H22N2O/c1-16-8-12(15-9-16)14(17)13(10-4-2-5-10)11-6-3-7-11/h8-11,13-14,17H,2-7H2,1H3. The molecule has 0 radical (unpaired) electrons. The highest BCUT2D eigenvalue weighted by Gasteiger charge is 2.41. The Morgan fingerprint density at radius 2 is 1.82 bits per heavy atom. The Bertz CT molecular complexity index is 365. The molecule has 1 aromatic heterocycles. The van der Waals surface area contributed by atoms with Crippen LogP contribution in [0.1, 0.15) is 50.3 Å². The van der Waals surface area contributed by atoms with Gasteiger partial charge in [-0.1, -0.05) is 38.5 Å². The van der Waals surface area contributed by atoms with Crippen molar-refractivity contribution in [2.45, 2.75) is 44.6 Å². The highest BCUT2D eigenvalue weighted by atomic mass is 16.3. The SMILES string of the molecule is Cn1cnc(C(O)C(C2CCC2)C2CCC2)c1. The zero-order chi connectivity index (χ0) is 11.8. The first-order valence-electron chi connectivity index (χ1n) is 6.91. The molecule has 0 aromatic carbocycles. The van der Waals surface area contributed by atoms with Gasteiger partial charge in [0.05, 0.1) is 12.0 Å². The fourth-order valence-corrected chi connectivity index (χ4v) is 3.33. The lowest BCUT2D eigenvalue weighted by Crippen LogP contribution is -2.36. The number of rotatable bonds is 4. The predicted octanol–water partition coefficient (Wildman–Crippen LogP) is 2.67. The highest BCUT2D eigenvalue weighted by molar-refractivity contribution is 5.05. The van der Waals surface area contributed by atoms with Crippen molar-refractivity contribution in [3.05, 3.63) is 18.2 Å². The van der Waals surface area contributed by atoms with Gasteiger partial charge in [-0.15, -0.1) is 0 Å². The zero-order valence-electron chi connectivity index (χ0n) is 10.5. The van der Waals surface area contributed by atoms with E-state index in [0.29, 0.717) is 5.92 Å². The van der Waals surface area contributed by atoms with Crippen molar-refractivity contribution >= 4 is 0 Å². The van der Waals surface area contributed by atoms with Crippen molar-refractivity contribution < 1.29 is 5.11 Å². The van der Waals surface area contributed by atoms with Gasteiger partial charge in [-0.2, -0.15) is 0 Å². The van der Waals surface area contributed by atoms with E-state index in [2.05, 4.69) is 4.98 Å². The Morgan fingerprint density at radius 3 is 2.18 bits per heavy atom. The molecule has 0 aliphatic heterocycles. The monoisotopic (exact) mass is 234 g/mol. The van der Waals surface area contributed by atoms with E-state index in [1.54, 1.807) is 6.33 Å². The molecule has 2 fully saturated rings. The lowest BCUT2D eigenvalue weighted by molar-refractivity contribution is -0.0210. The first kappa shape index (κ1) is 11.3. The van der Waals surface area contributed by atoms with Crippen LogP contribution in [-0.4, -0.2) is 14.7 Å². The Hall–Kier alpha value is -0.830. The normalized spacial score (nSPS) is 23.5. The second kappa shape index (κ2) is 4.45. The third-order valence-electron chi connectivity index (χ3n) is 4.78. The largest absolute Gasteiger partial charge is 0.386 e. The Balaban J connectivity index is 1.77. The van der Waals surface area contributed by atoms with Gasteiger partial charge in [-0.25, -0.2) is 4.98 Å². The molecule has 0 spiro atoms. The molecule has 1 N–H and O–H groups in total. The summed E-state index contributed by atoms with van der Waals surface area (Å²) in [7, 11) is 1.96. The number of hydrogen-bond acceptors (Lipinski definition) is 2. The molecule has 2 aliphatic rings.